The minimum absolute atomic E-state index is 0.0159. The van der Waals surface area contributed by atoms with E-state index in [1.165, 1.54) is 6.07 Å². The molecule has 1 N–H and O–H groups in total. The van der Waals surface area contributed by atoms with Crippen molar-refractivity contribution in [3.63, 3.8) is 0 Å². The van der Waals surface area contributed by atoms with Crippen LogP contribution in [0.2, 0.25) is 0 Å². The molecule has 0 heterocycles. The molecular weight excluding hydrogens is 365 g/mol. The van der Waals surface area contributed by atoms with Crippen molar-refractivity contribution in [2.75, 3.05) is 5.43 Å². The summed E-state index contributed by atoms with van der Waals surface area (Å²) in [6.45, 7) is -3.17. The summed E-state index contributed by atoms with van der Waals surface area (Å²) in [4.78, 5) is 10.0. The van der Waals surface area contributed by atoms with Gasteiger partial charge in [-0.05, 0) is 24.3 Å². The van der Waals surface area contributed by atoms with Gasteiger partial charge < -0.3 is 4.74 Å². The lowest BCUT2D eigenvalue weighted by Crippen LogP contribution is -2.06. The number of anilines is 1. The third-order valence-corrected chi connectivity index (χ3v) is 3.01. The molecule has 0 saturated carbocycles. The van der Waals surface area contributed by atoms with Crippen LogP contribution in [-0.4, -0.2) is 17.7 Å². The molecule has 0 amide bonds. The van der Waals surface area contributed by atoms with E-state index in [9.17, 15) is 32.1 Å². The number of nitro groups is 1. The van der Waals surface area contributed by atoms with Crippen LogP contribution in [0.1, 0.15) is 11.1 Å². The van der Waals surface area contributed by atoms with Crippen molar-refractivity contribution in [1.82, 2.24) is 0 Å². The van der Waals surface area contributed by atoms with Crippen LogP contribution >= 0.6 is 0 Å². The summed E-state index contributed by atoms with van der Waals surface area (Å²) in [6, 6.07) is 6.99. The highest BCUT2D eigenvalue weighted by molar-refractivity contribution is 5.85. The first-order valence-electron chi connectivity index (χ1n) is 6.86. The molecule has 0 atom stereocenters. The van der Waals surface area contributed by atoms with Gasteiger partial charge in [0, 0.05) is 17.7 Å². The van der Waals surface area contributed by atoms with Crippen LogP contribution in [0.4, 0.5) is 33.3 Å². The van der Waals surface area contributed by atoms with Gasteiger partial charge in [-0.1, -0.05) is 6.07 Å². The molecule has 0 unspecified atom stereocenters. The molecule has 138 valence electrons. The van der Waals surface area contributed by atoms with E-state index >= 15 is 0 Å². The molecule has 2 aromatic carbocycles. The Kier molecular flexibility index (Phi) is 5.70. The van der Waals surface area contributed by atoms with Crippen molar-refractivity contribution in [2.24, 2.45) is 5.10 Å². The molecule has 0 saturated heterocycles. The molecule has 11 heteroatoms. The molecule has 0 radical (unpaired) electrons. The maximum atomic E-state index is 12.6. The smallest absolute Gasteiger partial charge is 0.416 e. The summed E-state index contributed by atoms with van der Waals surface area (Å²) < 4.78 is 66.9. The van der Waals surface area contributed by atoms with Crippen LogP contribution in [0, 0.1) is 10.1 Å². The van der Waals surface area contributed by atoms with Gasteiger partial charge in [0.15, 0.2) is 0 Å². The van der Waals surface area contributed by atoms with E-state index in [0.29, 0.717) is 0 Å². The fourth-order valence-electron chi connectivity index (χ4n) is 1.90. The Balaban J connectivity index is 2.24. The molecular formula is C15H10F5N3O3. The molecule has 26 heavy (non-hydrogen) atoms. The van der Waals surface area contributed by atoms with Gasteiger partial charge >= 0.3 is 12.8 Å². The standard InChI is InChI=1S/C15H10F5N3O3/c16-14(17)26-13-5-4-12(23(24)25)6-9(13)8-21-22-11-3-1-2-10(7-11)15(18,19)20/h1-8,14,22H. The maximum Gasteiger partial charge on any atom is 0.416 e. The number of nitrogens with zero attached hydrogens (tertiary/aromatic N) is 2. The number of ether oxygens (including phenoxy) is 1. The number of alkyl halides is 5. The van der Waals surface area contributed by atoms with Crippen LogP contribution in [-0.2, 0) is 6.18 Å². The molecule has 0 aliphatic rings. The summed E-state index contributed by atoms with van der Waals surface area (Å²) in [5.74, 6) is -0.375. The summed E-state index contributed by atoms with van der Waals surface area (Å²) in [5.41, 5.74) is 0.818. The van der Waals surface area contributed by atoms with Crippen LogP contribution in [0.5, 0.6) is 5.75 Å². The van der Waals surface area contributed by atoms with Crippen molar-refractivity contribution in [1.29, 1.82) is 0 Å². The zero-order valence-corrected chi connectivity index (χ0v) is 12.7. The van der Waals surface area contributed by atoms with Crippen molar-refractivity contribution < 1.29 is 31.6 Å². The summed E-state index contributed by atoms with van der Waals surface area (Å²) in [5, 5.41) is 14.4. The zero-order chi connectivity index (χ0) is 19.3. The Labute approximate surface area is 143 Å². The zero-order valence-electron chi connectivity index (χ0n) is 12.7. The van der Waals surface area contributed by atoms with E-state index in [0.717, 1.165) is 42.6 Å². The van der Waals surface area contributed by atoms with Gasteiger partial charge in [0.05, 0.1) is 22.4 Å². The van der Waals surface area contributed by atoms with Gasteiger partial charge in [0.2, 0.25) is 0 Å². The van der Waals surface area contributed by atoms with Gasteiger partial charge in [-0.15, -0.1) is 0 Å². The highest BCUT2D eigenvalue weighted by Crippen LogP contribution is 2.30. The molecule has 0 fully saturated rings. The highest BCUT2D eigenvalue weighted by atomic mass is 19.4. The number of benzene rings is 2. The van der Waals surface area contributed by atoms with E-state index in [1.54, 1.807) is 0 Å². The molecule has 0 aliphatic carbocycles. The quantitative estimate of drug-likeness (QED) is 0.345. The number of hydrogen-bond donors (Lipinski definition) is 1. The summed E-state index contributed by atoms with van der Waals surface area (Å²) >= 11 is 0. The number of rotatable bonds is 6. The average Bonchev–Trinajstić information content (AvgIpc) is 2.55. The Bertz CT molecular complexity index is 824. The highest BCUT2D eigenvalue weighted by Gasteiger charge is 2.30. The van der Waals surface area contributed by atoms with Crippen LogP contribution in [0.25, 0.3) is 0 Å². The molecule has 0 aliphatic heterocycles. The first kappa shape index (κ1) is 19.1. The lowest BCUT2D eigenvalue weighted by atomic mass is 10.2. The van der Waals surface area contributed by atoms with Gasteiger partial charge in [-0.25, -0.2) is 0 Å². The Morgan fingerprint density at radius 1 is 1.19 bits per heavy atom. The van der Waals surface area contributed by atoms with Gasteiger partial charge in [-0.3, -0.25) is 15.5 Å². The third kappa shape index (κ3) is 5.13. The summed E-state index contributed by atoms with van der Waals surface area (Å²) in [7, 11) is 0. The molecule has 0 bridgehead atoms. The molecule has 6 nitrogen and oxygen atoms in total. The van der Waals surface area contributed by atoms with Crippen LogP contribution in [0.15, 0.2) is 47.6 Å². The molecule has 2 rings (SSSR count). The molecule has 0 spiro atoms. The first-order chi connectivity index (χ1) is 12.2. The number of nitrogens with one attached hydrogen (secondary N) is 1. The van der Waals surface area contributed by atoms with Crippen LogP contribution < -0.4 is 10.2 Å². The molecule has 2 aromatic rings. The van der Waals surface area contributed by atoms with E-state index in [-0.39, 0.29) is 17.0 Å². The summed E-state index contributed by atoms with van der Waals surface area (Å²) in [6.07, 6.45) is -3.62. The number of hydrogen-bond acceptors (Lipinski definition) is 5. The number of non-ortho nitro benzene ring substituents is 1. The van der Waals surface area contributed by atoms with Crippen molar-refractivity contribution >= 4 is 17.6 Å². The minimum atomic E-state index is -4.54. The fraction of sp³-hybridized carbons (Fsp3) is 0.133. The SMILES string of the molecule is O=[N+]([O-])c1ccc(OC(F)F)c(C=NNc2cccc(C(F)(F)F)c2)c1. The van der Waals surface area contributed by atoms with E-state index in [2.05, 4.69) is 15.3 Å². The molecule has 0 aromatic heterocycles. The van der Waals surface area contributed by atoms with Crippen molar-refractivity contribution in [3.8, 4) is 5.75 Å². The second-order valence-electron chi connectivity index (χ2n) is 4.81. The average molecular weight is 375 g/mol. The first-order valence-corrected chi connectivity index (χ1v) is 6.86. The minimum Gasteiger partial charge on any atom is -0.434 e. The van der Waals surface area contributed by atoms with E-state index in [4.69, 9.17) is 0 Å². The predicted molar refractivity (Wildman–Crippen MR) is 82.4 cm³/mol. The Hall–Kier alpha value is -3.24. The van der Waals surface area contributed by atoms with Crippen molar-refractivity contribution in [3.05, 3.63) is 63.7 Å². The maximum absolute atomic E-state index is 12.6. The van der Waals surface area contributed by atoms with Crippen molar-refractivity contribution in [2.45, 2.75) is 12.8 Å². The second kappa shape index (κ2) is 7.76. The lowest BCUT2D eigenvalue weighted by Gasteiger charge is -2.09. The number of halogens is 5. The fourth-order valence-corrected chi connectivity index (χ4v) is 1.90. The topological polar surface area (TPSA) is 76.8 Å². The second-order valence-corrected chi connectivity index (χ2v) is 4.81. The predicted octanol–water partition coefficient (Wildman–Crippen LogP) is 4.66. The Morgan fingerprint density at radius 3 is 2.54 bits per heavy atom. The van der Waals surface area contributed by atoms with Gasteiger partial charge in [-0.2, -0.15) is 27.1 Å². The Morgan fingerprint density at radius 2 is 1.92 bits per heavy atom. The number of hydrazone groups is 1. The van der Waals surface area contributed by atoms with E-state index in [1.807, 2.05) is 0 Å². The largest absolute Gasteiger partial charge is 0.434 e. The van der Waals surface area contributed by atoms with E-state index < -0.39 is 29.0 Å². The number of nitro benzene ring substituents is 1. The normalized spacial score (nSPS) is 11.8. The van der Waals surface area contributed by atoms with Gasteiger partial charge in [0.25, 0.3) is 5.69 Å². The third-order valence-electron chi connectivity index (χ3n) is 3.01. The monoisotopic (exact) mass is 375 g/mol. The van der Waals surface area contributed by atoms with Gasteiger partial charge in [0.1, 0.15) is 5.75 Å². The van der Waals surface area contributed by atoms with Crippen LogP contribution in [0.3, 0.4) is 0 Å². The lowest BCUT2D eigenvalue weighted by molar-refractivity contribution is -0.384.